The Labute approximate surface area is 120 Å². The van der Waals surface area contributed by atoms with Gasteiger partial charge in [-0.3, -0.25) is 19.3 Å². The molecule has 0 N–H and O–H groups in total. The third-order valence-corrected chi connectivity index (χ3v) is 3.75. The van der Waals surface area contributed by atoms with Crippen LogP contribution in [0.3, 0.4) is 0 Å². The smallest absolute Gasteiger partial charge is 0.294 e. The zero-order valence-corrected chi connectivity index (χ0v) is 11.8. The molecule has 2 amide bonds. The van der Waals surface area contributed by atoms with Crippen LogP contribution in [0.4, 0.5) is 4.79 Å². The molecule has 2 heterocycles. The number of imide groups is 1. The molecule has 1 unspecified atom stereocenters. The summed E-state index contributed by atoms with van der Waals surface area (Å²) in [5.41, 5.74) is 0. The quantitative estimate of drug-likeness (QED) is 0.798. The van der Waals surface area contributed by atoms with Gasteiger partial charge >= 0.3 is 0 Å². The van der Waals surface area contributed by atoms with Crippen molar-refractivity contribution in [2.45, 2.75) is 19.9 Å². The molecule has 0 spiro atoms. The van der Waals surface area contributed by atoms with Gasteiger partial charge in [0.2, 0.25) is 0 Å². The molecule has 0 saturated carbocycles. The van der Waals surface area contributed by atoms with Gasteiger partial charge in [-0.2, -0.15) is 0 Å². The average molecular weight is 291 g/mol. The zero-order chi connectivity index (χ0) is 14.7. The lowest BCUT2D eigenvalue weighted by Crippen LogP contribution is -2.40. The minimum atomic E-state index is -0.734. The Morgan fingerprint density at radius 3 is 2.80 bits per heavy atom. The number of carbonyl (C=O) groups is 3. The van der Waals surface area contributed by atoms with Crippen LogP contribution >= 0.6 is 11.8 Å². The number of rotatable bonds is 4. The van der Waals surface area contributed by atoms with Crippen LogP contribution in [0.15, 0.2) is 39.9 Å². The van der Waals surface area contributed by atoms with E-state index in [-0.39, 0.29) is 5.78 Å². The molecule has 20 heavy (non-hydrogen) atoms. The molecule has 0 aromatic carbocycles. The van der Waals surface area contributed by atoms with Gasteiger partial charge < -0.3 is 4.42 Å². The van der Waals surface area contributed by atoms with E-state index >= 15 is 0 Å². The summed E-state index contributed by atoms with van der Waals surface area (Å²) in [5, 5.41) is -0.421. The minimum absolute atomic E-state index is 0.223. The topological polar surface area (TPSA) is 67.6 Å². The van der Waals surface area contributed by atoms with E-state index in [1.807, 2.05) is 0 Å². The first-order valence-corrected chi connectivity index (χ1v) is 6.80. The van der Waals surface area contributed by atoms with Gasteiger partial charge in [-0.15, -0.1) is 0 Å². The lowest BCUT2D eigenvalue weighted by Gasteiger charge is -2.18. The Bertz CT molecular complexity index is 601. The summed E-state index contributed by atoms with van der Waals surface area (Å²) in [5.74, 6) is -0.0101. The number of furan rings is 1. The first kappa shape index (κ1) is 14.3. The second-order valence-corrected chi connectivity index (χ2v) is 5.23. The Hall–Kier alpha value is -2.08. The maximum atomic E-state index is 12.1. The van der Waals surface area contributed by atoms with Crippen LogP contribution in [-0.2, 0) is 9.59 Å². The monoisotopic (exact) mass is 291 g/mol. The van der Waals surface area contributed by atoms with E-state index in [9.17, 15) is 14.4 Å². The maximum Gasteiger partial charge on any atom is 0.294 e. The summed E-state index contributed by atoms with van der Waals surface area (Å²) in [7, 11) is 0. The number of hydrogen-bond acceptors (Lipinski definition) is 5. The van der Waals surface area contributed by atoms with Crippen LogP contribution in [0.25, 0.3) is 6.08 Å². The molecule has 1 aromatic heterocycles. The SMILES string of the molecule is CC(=O)C(C)N1C(=O)S/C(=C\C=C\c2ccco2)C1=O. The Morgan fingerprint density at radius 1 is 1.45 bits per heavy atom. The fourth-order valence-electron chi connectivity index (χ4n) is 1.63. The van der Waals surface area contributed by atoms with Crippen molar-refractivity contribution in [1.82, 2.24) is 4.90 Å². The van der Waals surface area contributed by atoms with Crippen LogP contribution in [0.1, 0.15) is 19.6 Å². The van der Waals surface area contributed by atoms with Crippen molar-refractivity contribution in [1.29, 1.82) is 0 Å². The lowest BCUT2D eigenvalue weighted by atomic mass is 10.2. The van der Waals surface area contributed by atoms with E-state index in [1.54, 1.807) is 43.5 Å². The van der Waals surface area contributed by atoms with Crippen LogP contribution in [0, 0.1) is 0 Å². The molecule has 2 rings (SSSR count). The molecule has 0 bridgehead atoms. The van der Waals surface area contributed by atoms with Crippen LogP contribution in [0.2, 0.25) is 0 Å². The van der Waals surface area contributed by atoms with E-state index < -0.39 is 17.2 Å². The molecule has 1 atom stereocenters. The molecule has 104 valence electrons. The molecule has 1 fully saturated rings. The van der Waals surface area contributed by atoms with Crippen LogP contribution in [-0.4, -0.2) is 27.9 Å². The van der Waals surface area contributed by atoms with Gasteiger partial charge in [0, 0.05) is 0 Å². The van der Waals surface area contributed by atoms with Crippen molar-refractivity contribution in [2.75, 3.05) is 0 Å². The number of amides is 2. The standard InChI is InChI=1S/C14H13NO4S/c1-9(10(2)16)15-13(17)12(20-14(15)18)7-3-5-11-6-4-8-19-11/h3-9H,1-2H3/b5-3+,12-7-. The highest BCUT2D eigenvalue weighted by molar-refractivity contribution is 8.18. The number of ketones is 1. The number of Topliss-reactive ketones (excluding diaryl/α,β-unsaturated/α-hetero) is 1. The van der Waals surface area contributed by atoms with Crippen molar-refractivity contribution in [3.8, 4) is 0 Å². The normalized spacial score (nSPS) is 19.3. The molecular formula is C14H13NO4S. The van der Waals surface area contributed by atoms with Crippen molar-refractivity contribution in [3.05, 3.63) is 41.2 Å². The minimum Gasteiger partial charge on any atom is -0.465 e. The molecule has 1 aromatic rings. The van der Waals surface area contributed by atoms with Gasteiger partial charge in [0.05, 0.1) is 17.2 Å². The number of nitrogens with zero attached hydrogens (tertiary/aromatic N) is 1. The van der Waals surface area contributed by atoms with Crippen LogP contribution < -0.4 is 0 Å². The van der Waals surface area contributed by atoms with E-state index in [2.05, 4.69) is 0 Å². The van der Waals surface area contributed by atoms with E-state index in [0.29, 0.717) is 10.7 Å². The largest absolute Gasteiger partial charge is 0.465 e. The van der Waals surface area contributed by atoms with E-state index in [1.165, 1.54) is 6.92 Å². The first-order chi connectivity index (χ1) is 9.50. The predicted molar refractivity (Wildman–Crippen MR) is 75.8 cm³/mol. The fraction of sp³-hybridized carbons (Fsp3) is 0.214. The molecule has 0 radical (unpaired) electrons. The molecule has 1 aliphatic rings. The van der Waals surface area contributed by atoms with Gasteiger partial charge in [0.1, 0.15) is 5.76 Å². The Balaban J connectivity index is 2.13. The highest BCUT2D eigenvalue weighted by Crippen LogP contribution is 2.32. The third-order valence-electron chi connectivity index (χ3n) is 2.85. The zero-order valence-electron chi connectivity index (χ0n) is 11.0. The lowest BCUT2D eigenvalue weighted by molar-refractivity contribution is -0.130. The van der Waals surface area contributed by atoms with Crippen molar-refractivity contribution < 1.29 is 18.8 Å². The summed E-state index contributed by atoms with van der Waals surface area (Å²) < 4.78 is 5.11. The predicted octanol–water partition coefficient (Wildman–Crippen LogP) is 2.85. The fourth-order valence-corrected chi connectivity index (χ4v) is 2.49. The number of hydrogen-bond donors (Lipinski definition) is 0. The highest BCUT2D eigenvalue weighted by Gasteiger charge is 2.39. The van der Waals surface area contributed by atoms with Crippen molar-refractivity contribution in [3.63, 3.8) is 0 Å². The van der Waals surface area contributed by atoms with Gasteiger partial charge in [-0.05, 0) is 49.9 Å². The number of thioether (sulfide) groups is 1. The molecule has 1 saturated heterocycles. The summed E-state index contributed by atoms with van der Waals surface area (Å²) >= 11 is 0.829. The van der Waals surface area contributed by atoms with Gasteiger partial charge in [0.25, 0.3) is 11.1 Å². The summed E-state index contributed by atoms with van der Waals surface area (Å²) in [6.45, 7) is 2.90. The average Bonchev–Trinajstić information content (AvgIpc) is 2.98. The van der Waals surface area contributed by atoms with E-state index in [4.69, 9.17) is 4.42 Å². The highest BCUT2D eigenvalue weighted by atomic mass is 32.2. The van der Waals surface area contributed by atoms with Gasteiger partial charge in [-0.1, -0.05) is 6.08 Å². The maximum absolute atomic E-state index is 12.1. The Kier molecular flexibility index (Phi) is 4.24. The summed E-state index contributed by atoms with van der Waals surface area (Å²) in [4.78, 5) is 36.4. The van der Waals surface area contributed by atoms with Gasteiger partial charge in [-0.25, -0.2) is 0 Å². The summed E-state index contributed by atoms with van der Waals surface area (Å²) in [6, 6.07) is 2.79. The summed E-state index contributed by atoms with van der Waals surface area (Å²) in [6.07, 6.45) is 6.40. The second-order valence-electron chi connectivity index (χ2n) is 4.24. The molecule has 1 aliphatic heterocycles. The third kappa shape index (κ3) is 2.91. The number of carbonyl (C=O) groups excluding carboxylic acids is 3. The second kappa shape index (κ2) is 5.92. The van der Waals surface area contributed by atoms with Crippen LogP contribution in [0.5, 0.6) is 0 Å². The van der Waals surface area contributed by atoms with Gasteiger partial charge in [0.15, 0.2) is 5.78 Å². The molecule has 0 aliphatic carbocycles. The molecule has 5 nitrogen and oxygen atoms in total. The van der Waals surface area contributed by atoms with Crippen molar-refractivity contribution >= 4 is 34.8 Å². The van der Waals surface area contributed by atoms with E-state index in [0.717, 1.165) is 16.7 Å². The number of allylic oxidation sites excluding steroid dienone is 2. The van der Waals surface area contributed by atoms with Crippen molar-refractivity contribution in [2.24, 2.45) is 0 Å². The Morgan fingerprint density at radius 2 is 2.20 bits per heavy atom. The molecular weight excluding hydrogens is 278 g/mol. The first-order valence-electron chi connectivity index (χ1n) is 5.98. The molecule has 6 heteroatoms.